The average Bonchev–Trinajstić information content (AvgIpc) is 2.57. The molecule has 2 rings (SSSR count). The normalized spacial score (nSPS) is 19.2. The van der Waals surface area contributed by atoms with E-state index in [1.54, 1.807) is 23.3 Å². The number of halogens is 1. The lowest BCUT2D eigenvalue weighted by Gasteiger charge is -2.19. The van der Waals surface area contributed by atoms with Crippen molar-refractivity contribution >= 4 is 46.5 Å². The highest BCUT2D eigenvalue weighted by atomic mass is 35.5. The molecule has 2 N–H and O–H groups in total. The van der Waals surface area contributed by atoms with Crippen LogP contribution in [0.1, 0.15) is 20.8 Å². The Morgan fingerprint density at radius 3 is 2.81 bits per heavy atom. The lowest BCUT2D eigenvalue weighted by atomic mass is 10.1. The molecule has 1 aliphatic rings. The first-order valence-electron chi connectivity index (χ1n) is 5.13. The molecule has 0 radical (unpaired) electrons. The zero-order valence-electron chi connectivity index (χ0n) is 9.37. The Bertz CT molecular complexity index is 414. The van der Waals surface area contributed by atoms with Crippen molar-refractivity contribution < 1.29 is 0 Å². The number of nitrogens with one attached hydrogen (secondary N) is 2. The maximum absolute atomic E-state index is 5.95. The number of hydrogen-bond donors (Lipinski definition) is 2. The fourth-order valence-corrected chi connectivity index (χ4v) is 3.29. The third-order valence-electron chi connectivity index (χ3n) is 2.46. The molecule has 1 aromatic rings. The van der Waals surface area contributed by atoms with Crippen molar-refractivity contribution in [2.75, 3.05) is 5.32 Å². The fraction of sp³-hybridized carbons (Fsp3) is 0.500. The van der Waals surface area contributed by atoms with Crippen LogP contribution in [0.5, 0.6) is 0 Å². The van der Waals surface area contributed by atoms with Gasteiger partial charge in [0.05, 0.1) is 16.1 Å². The van der Waals surface area contributed by atoms with E-state index >= 15 is 0 Å². The Labute approximate surface area is 109 Å². The Morgan fingerprint density at radius 1 is 1.38 bits per heavy atom. The summed E-state index contributed by atoms with van der Waals surface area (Å²) < 4.78 is 5.13. The number of nitrogens with zero attached hydrogens (tertiary/aromatic N) is 1. The highest BCUT2D eigenvalue weighted by Crippen LogP contribution is 2.39. The van der Waals surface area contributed by atoms with Crippen molar-refractivity contribution in [2.45, 2.75) is 31.0 Å². The second-order valence-corrected chi connectivity index (χ2v) is 6.80. The molecule has 1 unspecified atom stereocenters. The summed E-state index contributed by atoms with van der Waals surface area (Å²) in [6, 6.07) is 2.23. The van der Waals surface area contributed by atoms with Crippen LogP contribution < -0.4 is 10.0 Å². The van der Waals surface area contributed by atoms with Gasteiger partial charge in [-0.1, -0.05) is 25.4 Å². The zero-order chi connectivity index (χ0) is 11.7. The Morgan fingerprint density at radius 2 is 2.12 bits per heavy atom. The molecule has 6 heteroatoms. The summed E-state index contributed by atoms with van der Waals surface area (Å²) in [5.41, 5.74) is 1.05. The van der Waals surface area contributed by atoms with E-state index in [2.05, 4.69) is 35.8 Å². The Balaban J connectivity index is 2.13. The van der Waals surface area contributed by atoms with E-state index in [-0.39, 0.29) is 0 Å². The minimum Gasteiger partial charge on any atom is -0.324 e. The van der Waals surface area contributed by atoms with Crippen LogP contribution in [0, 0.1) is 5.92 Å². The van der Waals surface area contributed by atoms with E-state index in [4.69, 9.17) is 11.6 Å². The predicted molar refractivity (Wildman–Crippen MR) is 73.7 cm³/mol. The lowest BCUT2D eigenvalue weighted by Crippen LogP contribution is -2.30. The summed E-state index contributed by atoms with van der Waals surface area (Å²) in [6.07, 6.45) is 0. The molecule has 88 valence electrons. The maximum atomic E-state index is 5.95. The van der Waals surface area contributed by atoms with Crippen LogP contribution in [0.4, 0.5) is 5.69 Å². The van der Waals surface area contributed by atoms with Gasteiger partial charge in [-0.05, 0) is 18.9 Å². The molecule has 0 fully saturated rings. The Hall–Kier alpha value is -0.390. The van der Waals surface area contributed by atoms with Gasteiger partial charge >= 0.3 is 0 Å². The summed E-state index contributed by atoms with van der Waals surface area (Å²) >= 11 is 9.08. The van der Waals surface area contributed by atoms with E-state index in [1.165, 1.54) is 0 Å². The van der Waals surface area contributed by atoms with Gasteiger partial charge in [-0.3, -0.25) is 4.72 Å². The van der Waals surface area contributed by atoms with Gasteiger partial charge in [0.15, 0.2) is 0 Å². The zero-order valence-corrected chi connectivity index (χ0v) is 11.8. The first-order valence-corrected chi connectivity index (χ1v) is 7.14. The minimum absolute atomic E-state index is 0.297. The summed E-state index contributed by atoms with van der Waals surface area (Å²) in [6.45, 7) is 6.44. The smallest absolute Gasteiger partial charge is 0.206 e. The molecule has 0 saturated heterocycles. The van der Waals surface area contributed by atoms with Gasteiger partial charge in [0.25, 0.3) is 0 Å². The molecule has 1 aromatic heterocycles. The van der Waals surface area contributed by atoms with Crippen LogP contribution in [0.25, 0.3) is 0 Å². The number of guanidine groups is 1. The van der Waals surface area contributed by atoms with Crippen molar-refractivity contribution in [1.82, 2.24) is 4.72 Å². The molecule has 2 heterocycles. The molecular formula is C10H14ClN3S2. The summed E-state index contributed by atoms with van der Waals surface area (Å²) in [5.74, 6) is 1.35. The van der Waals surface area contributed by atoms with Gasteiger partial charge in [0, 0.05) is 11.9 Å². The quantitative estimate of drug-likeness (QED) is 0.806. The van der Waals surface area contributed by atoms with Crippen LogP contribution in [0.15, 0.2) is 15.3 Å². The van der Waals surface area contributed by atoms with Crippen molar-refractivity contribution in [3.8, 4) is 0 Å². The molecule has 0 aliphatic carbocycles. The number of hydrogen-bond acceptors (Lipinski definition) is 3. The van der Waals surface area contributed by atoms with Crippen LogP contribution in [0.3, 0.4) is 0 Å². The summed E-state index contributed by atoms with van der Waals surface area (Å²) in [7, 11) is 0. The van der Waals surface area contributed by atoms with Gasteiger partial charge in [-0.2, -0.15) is 0 Å². The van der Waals surface area contributed by atoms with E-state index in [0.717, 1.165) is 20.2 Å². The predicted octanol–water partition coefficient (Wildman–Crippen LogP) is 3.82. The van der Waals surface area contributed by atoms with Crippen molar-refractivity contribution in [3.63, 3.8) is 0 Å². The SMILES string of the molecule is CC(C)C(C)N=C1NSc2sc(Cl)cc2N1. The first-order chi connectivity index (χ1) is 7.56. The van der Waals surface area contributed by atoms with Crippen molar-refractivity contribution in [1.29, 1.82) is 0 Å². The fourth-order valence-electron chi connectivity index (χ4n) is 1.17. The van der Waals surface area contributed by atoms with E-state index in [9.17, 15) is 0 Å². The van der Waals surface area contributed by atoms with Gasteiger partial charge < -0.3 is 5.32 Å². The van der Waals surface area contributed by atoms with Gasteiger partial charge in [0.1, 0.15) is 4.21 Å². The molecule has 1 atom stereocenters. The standard InChI is InChI=1S/C10H14ClN3S2/c1-5(2)6(3)12-10-13-7-4-8(11)15-9(7)16-14-10/h4-6H,1-3H3,(H2,12,13,14). The Kier molecular flexibility index (Phi) is 3.66. The minimum atomic E-state index is 0.297. The van der Waals surface area contributed by atoms with Gasteiger partial charge in [-0.15, -0.1) is 11.3 Å². The van der Waals surface area contributed by atoms with E-state index in [1.807, 2.05) is 6.07 Å². The molecular weight excluding hydrogens is 262 g/mol. The second-order valence-electron chi connectivity index (χ2n) is 4.04. The van der Waals surface area contributed by atoms with Crippen molar-refractivity contribution in [3.05, 3.63) is 10.4 Å². The van der Waals surface area contributed by atoms with Crippen LogP contribution >= 0.6 is 34.9 Å². The number of aliphatic imine (C=N–C) groups is 1. The number of thiophene rings is 1. The highest BCUT2D eigenvalue weighted by molar-refractivity contribution is 8.00. The maximum Gasteiger partial charge on any atom is 0.206 e. The number of rotatable bonds is 2. The largest absolute Gasteiger partial charge is 0.324 e. The summed E-state index contributed by atoms with van der Waals surface area (Å²) in [4.78, 5) is 4.58. The molecule has 1 aliphatic heterocycles. The first kappa shape index (κ1) is 12.1. The second kappa shape index (κ2) is 4.85. The molecule has 16 heavy (non-hydrogen) atoms. The number of fused-ring (bicyclic) bond motifs is 1. The molecule has 0 spiro atoms. The highest BCUT2D eigenvalue weighted by Gasteiger charge is 2.18. The summed E-state index contributed by atoms with van der Waals surface area (Å²) in [5, 5.41) is 3.25. The monoisotopic (exact) mass is 275 g/mol. The number of anilines is 1. The van der Waals surface area contributed by atoms with Crippen LogP contribution in [-0.2, 0) is 0 Å². The van der Waals surface area contributed by atoms with Gasteiger partial charge in [-0.25, -0.2) is 4.99 Å². The molecule has 0 aromatic carbocycles. The van der Waals surface area contributed by atoms with Gasteiger partial charge in [0.2, 0.25) is 5.96 Å². The molecule has 3 nitrogen and oxygen atoms in total. The molecule has 0 amide bonds. The van der Waals surface area contributed by atoms with Crippen LogP contribution in [0.2, 0.25) is 4.34 Å². The lowest BCUT2D eigenvalue weighted by molar-refractivity contribution is 0.530. The molecule has 0 saturated carbocycles. The van der Waals surface area contributed by atoms with Crippen molar-refractivity contribution in [2.24, 2.45) is 10.9 Å². The van der Waals surface area contributed by atoms with Crippen LogP contribution in [-0.4, -0.2) is 12.0 Å². The molecule has 0 bridgehead atoms. The third kappa shape index (κ3) is 2.64. The topological polar surface area (TPSA) is 36.4 Å². The van der Waals surface area contributed by atoms with E-state index in [0.29, 0.717) is 12.0 Å². The van der Waals surface area contributed by atoms with E-state index < -0.39 is 0 Å². The third-order valence-corrected chi connectivity index (χ3v) is 4.72. The average molecular weight is 276 g/mol.